The Morgan fingerprint density at radius 3 is 2.55 bits per heavy atom. The number of rotatable bonds is 8. The molecule has 3 aromatic rings. The van der Waals surface area contributed by atoms with Crippen molar-refractivity contribution in [3.05, 3.63) is 86.4 Å². The zero-order valence-electron chi connectivity index (χ0n) is 16.2. The molecule has 0 radical (unpaired) electrons. The van der Waals surface area contributed by atoms with Gasteiger partial charge in [-0.05, 0) is 54.1 Å². The van der Waals surface area contributed by atoms with Crippen LogP contribution in [0.3, 0.4) is 0 Å². The second kappa shape index (κ2) is 10.4. The number of hydrogen-bond acceptors (Lipinski definition) is 5. The molecule has 0 aliphatic carbocycles. The van der Waals surface area contributed by atoms with E-state index in [-0.39, 0.29) is 17.2 Å². The highest BCUT2D eigenvalue weighted by Gasteiger charge is 2.10. The minimum absolute atomic E-state index is 0.00849. The molecule has 0 aromatic heterocycles. The molecule has 0 saturated heterocycles. The third-order valence-corrected chi connectivity index (χ3v) is 5.11. The standard InChI is InChI=1S/C22H17Cl3N2O4/c1-30-21-8-13(11-26-27-16-5-6-18(24)17(10-16)22(28)29)2-7-20(21)31-12-14-3-4-15(23)9-19(14)25/h2-11,27H,12H2,1H3,(H,28,29)/b26-11-. The van der Waals surface area contributed by atoms with Crippen molar-refractivity contribution in [3.8, 4) is 11.5 Å². The van der Waals surface area contributed by atoms with E-state index in [2.05, 4.69) is 10.5 Å². The van der Waals surface area contributed by atoms with Crippen LogP contribution in [0.5, 0.6) is 11.5 Å². The van der Waals surface area contributed by atoms with Crippen molar-refractivity contribution >= 4 is 52.7 Å². The van der Waals surface area contributed by atoms with Crippen molar-refractivity contribution < 1.29 is 19.4 Å². The van der Waals surface area contributed by atoms with E-state index >= 15 is 0 Å². The van der Waals surface area contributed by atoms with Crippen LogP contribution < -0.4 is 14.9 Å². The van der Waals surface area contributed by atoms with E-state index in [1.807, 2.05) is 0 Å². The maximum absolute atomic E-state index is 11.2. The highest BCUT2D eigenvalue weighted by Crippen LogP contribution is 2.30. The highest BCUT2D eigenvalue weighted by molar-refractivity contribution is 6.35. The van der Waals surface area contributed by atoms with Gasteiger partial charge in [-0.1, -0.05) is 40.9 Å². The summed E-state index contributed by atoms with van der Waals surface area (Å²) in [5.41, 5.74) is 4.80. The van der Waals surface area contributed by atoms with E-state index in [0.717, 1.165) is 11.1 Å². The number of carboxylic acids is 1. The number of anilines is 1. The maximum Gasteiger partial charge on any atom is 0.337 e. The number of hydrazone groups is 1. The van der Waals surface area contributed by atoms with E-state index in [9.17, 15) is 4.79 Å². The van der Waals surface area contributed by atoms with Gasteiger partial charge >= 0.3 is 5.97 Å². The first kappa shape index (κ1) is 22.7. The molecule has 0 aliphatic rings. The molecule has 3 aromatic carbocycles. The van der Waals surface area contributed by atoms with E-state index in [1.165, 1.54) is 19.2 Å². The van der Waals surface area contributed by atoms with Crippen LogP contribution in [0.2, 0.25) is 15.1 Å². The summed E-state index contributed by atoms with van der Waals surface area (Å²) in [6, 6.07) is 15.1. The summed E-state index contributed by atoms with van der Waals surface area (Å²) >= 11 is 18.0. The average molecular weight is 480 g/mol. The number of benzene rings is 3. The van der Waals surface area contributed by atoms with Crippen LogP contribution in [0.25, 0.3) is 0 Å². The van der Waals surface area contributed by atoms with Gasteiger partial charge in [0.25, 0.3) is 0 Å². The van der Waals surface area contributed by atoms with Crippen molar-refractivity contribution in [2.24, 2.45) is 5.10 Å². The summed E-state index contributed by atoms with van der Waals surface area (Å²) < 4.78 is 11.2. The topological polar surface area (TPSA) is 80.2 Å². The molecule has 0 unspecified atom stereocenters. The summed E-state index contributed by atoms with van der Waals surface area (Å²) in [4.78, 5) is 11.2. The van der Waals surface area contributed by atoms with Gasteiger partial charge in [0.05, 0.1) is 29.6 Å². The predicted octanol–water partition coefficient (Wildman–Crippen LogP) is 6.38. The number of aromatic carboxylic acids is 1. The fraction of sp³-hybridized carbons (Fsp3) is 0.0909. The van der Waals surface area contributed by atoms with E-state index in [1.54, 1.807) is 48.7 Å². The van der Waals surface area contributed by atoms with Crippen LogP contribution in [0.15, 0.2) is 59.7 Å². The number of nitrogens with one attached hydrogen (secondary N) is 1. The zero-order valence-corrected chi connectivity index (χ0v) is 18.5. The fourth-order valence-electron chi connectivity index (χ4n) is 2.62. The molecular formula is C22H17Cl3N2O4. The third kappa shape index (κ3) is 6.04. The fourth-order valence-corrected chi connectivity index (χ4v) is 3.28. The molecule has 0 atom stereocenters. The predicted molar refractivity (Wildman–Crippen MR) is 123 cm³/mol. The molecule has 0 spiro atoms. The summed E-state index contributed by atoms with van der Waals surface area (Å²) in [6.45, 7) is 0.254. The average Bonchev–Trinajstić information content (AvgIpc) is 2.74. The Bertz CT molecular complexity index is 1140. The Hall–Kier alpha value is -2.93. The van der Waals surface area contributed by atoms with Crippen LogP contribution in [0, 0.1) is 0 Å². The molecule has 0 fully saturated rings. The second-order valence-corrected chi connectivity index (χ2v) is 7.56. The van der Waals surface area contributed by atoms with Crippen LogP contribution in [-0.4, -0.2) is 24.4 Å². The highest BCUT2D eigenvalue weighted by atomic mass is 35.5. The van der Waals surface area contributed by atoms with Crippen molar-refractivity contribution in [1.29, 1.82) is 0 Å². The van der Waals surface area contributed by atoms with E-state index in [0.29, 0.717) is 27.2 Å². The Balaban J connectivity index is 1.68. The van der Waals surface area contributed by atoms with Gasteiger partial charge in [0.2, 0.25) is 0 Å². The summed E-state index contributed by atoms with van der Waals surface area (Å²) in [5, 5.41) is 14.5. The Morgan fingerprint density at radius 1 is 1.03 bits per heavy atom. The van der Waals surface area contributed by atoms with Gasteiger partial charge in [0.15, 0.2) is 11.5 Å². The van der Waals surface area contributed by atoms with Crippen molar-refractivity contribution in [2.45, 2.75) is 6.61 Å². The van der Waals surface area contributed by atoms with Crippen LogP contribution >= 0.6 is 34.8 Å². The van der Waals surface area contributed by atoms with Gasteiger partial charge in [-0.2, -0.15) is 5.10 Å². The van der Waals surface area contributed by atoms with Crippen LogP contribution in [-0.2, 0) is 6.61 Å². The lowest BCUT2D eigenvalue weighted by atomic mass is 10.2. The first-order valence-corrected chi connectivity index (χ1v) is 10.1. The SMILES string of the molecule is COc1cc(/C=N\Nc2ccc(Cl)c(C(=O)O)c2)ccc1OCc1ccc(Cl)cc1Cl. The molecule has 160 valence electrons. The molecule has 31 heavy (non-hydrogen) atoms. The number of carbonyl (C=O) groups is 1. The lowest BCUT2D eigenvalue weighted by molar-refractivity contribution is 0.0697. The number of ether oxygens (including phenoxy) is 2. The number of nitrogens with zero attached hydrogens (tertiary/aromatic N) is 1. The Labute approximate surface area is 194 Å². The number of hydrogen-bond donors (Lipinski definition) is 2. The molecule has 2 N–H and O–H groups in total. The Morgan fingerprint density at radius 2 is 1.84 bits per heavy atom. The molecule has 3 rings (SSSR count). The van der Waals surface area contributed by atoms with Crippen LogP contribution in [0.1, 0.15) is 21.5 Å². The number of methoxy groups -OCH3 is 1. The molecule has 0 amide bonds. The lowest BCUT2D eigenvalue weighted by Crippen LogP contribution is -2.00. The lowest BCUT2D eigenvalue weighted by Gasteiger charge is -2.12. The normalized spacial score (nSPS) is 10.8. The van der Waals surface area contributed by atoms with Crippen molar-refractivity contribution in [3.63, 3.8) is 0 Å². The Kier molecular flexibility index (Phi) is 7.63. The minimum Gasteiger partial charge on any atom is -0.493 e. The zero-order chi connectivity index (χ0) is 22.4. The molecule has 0 bridgehead atoms. The van der Waals surface area contributed by atoms with Crippen molar-refractivity contribution in [1.82, 2.24) is 0 Å². The molecule has 9 heteroatoms. The minimum atomic E-state index is -1.11. The number of halogens is 3. The van der Waals surface area contributed by atoms with Gasteiger partial charge in [-0.15, -0.1) is 0 Å². The van der Waals surface area contributed by atoms with E-state index in [4.69, 9.17) is 49.4 Å². The first-order valence-electron chi connectivity index (χ1n) is 8.94. The molecular weight excluding hydrogens is 463 g/mol. The monoisotopic (exact) mass is 478 g/mol. The third-order valence-electron chi connectivity index (χ3n) is 4.19. The number of carboxylic acid groups (broad SMARTS) is 1. The van der Waals surface area contributed by atoms with Gasteiger partial charge in [-0.25, -0.2) is 4.79 Å². The second-order valence-electron chi connectivity index (χ2n) is 6.30. The van der Waals surface area contributed by atoms with Gasteiger partial charge < -0.3 is 14.6 Å². The van der Waals surface area contributed by atoms with E-state index < -0.39 is 5.97 Å². The quantitative estimate of drug-likeness (QED) is 0.289. The van der Waals surface area contributed by atoms with Gasteiger partial charge in [-0.3, -0.25) is 5.43 Å². The molecule has 0 saturated carbocycles. The van der Waals surface area contributed by atoms with Crippen molar-refractivity contribution in [2.75, 3.05) is 12.5 Å². The maximum atomic E-state index is 11.2. The van der Waals surface area contributed by atoms with Gasteiger partial charge in [0, 0.05) is 15.6 Å². The molecule has 6 nitrogen and oxygen atoms in total. The summed E-state index contributed by atoms with van der Waals surface area (Å²) in [7, 11) is 1.54. The first-order chi connectivity index (χ1) is 14.9. The molecule has 0 aliphatic heterocycles. The van der Waals surface area contributed by atoms with Gasteiger partial charge in [0.1, 0.15) is 6.61 Å². The molecule has 0 heterocycles. The largest absolute Gasteiger partial charge is 0.493 e. The van der Waals surface area contributed by atoms with Crippen LogP contribution in [0.4, 0.5) is 5.69 Å². The smallest absolute Gasteiger partial charge is 0.337 e. The summed E-state index contributed by atoms with van der Waals surface area (Å²) in [5.74, 6) is -0.0473. The summed E-state index contributed by atoms with van der Waals surface area (Å²) in [6.07, 6.45) is 1.57.